The van der Waals surface area contributed by atoms with Crippen LogP contribution in [-0.4, -0.2) is 75.2 Å². The van der Waals surface area contributed by atoms with E-state index in [2.05, 4.69) is 82.7 Å². The fourth-order valence-electron chi connectivity index (χ4n) is 7.90. The number of methoxy groups -OCH3 is 2. The van der Waals surface area contributed by atoms with E-state index >= 15 is 0 Å². The summed E-state index contributed by atoms with van der Waals surface area (Å²) in [6.45, 7) is 2.77. The number of hydrogen-bond donors (Lipinski definition) is 1. The van der Waals surface area contributed by atoms with E-state index in [1.54, 1.807) is 25.9 Å². The van der Waals surface area contributed by atoms with Crippen LogP contribution < -0.4 is 29.0 Å². The van der Waals surface area contributed by atoms with Crippen molar-refractivity contribution in [3.8, 4) is 40.2 Å². The molecule has 5 aromatic rings. The van der Waals surface area contributed by atoms with Gasteiger partial charge in [0.25, 0.3) is 5.91 Å². The number of carbonyl (C=O) groups excluding carboxylic acids is 1. The molecule has 0 unspecified atom stereocenters. The molecule has 4 aromatic carbocycles. The number of rotatable bonds is 8. The first-order chi connectivity index (χ1) is 26.4. The lowest BCUT2D eigenvalue weighted by Gasteiger charge is -2.37. The summed E-state index contributed by atoms with van der Waals surface area (Å²) in [5, 5.41) is 2.95. The lowest BCUT2D eigenvalue weighted by atomic mass is 9.87. The molecule has 0 radical (unpaired) electrons. The summed E-state index contributed by atoms with van der Waals surface area (Å²) in [7, 11) is 7.73. The molecule has 1 N–H and O–H groups in total. The normalized spacial score (nSPS) is 18.0. The van der Waals surface area contributed by atoms with Gasteiger partial charge >= 0.3 is 0 Å². The molecule has 1 aromatic heterocycles. The number of likely N-dealkylation sites (N-methyl/N-ethyl adjacent to an activating group) is 2. The Morgan fingerprint density at radius 3 is 2.39 bits per heavy atom. The molecule has 6 bridgehead atoms. The third-order valence-corrected chi connectivity index (χ3v) is 11.6. The number of nitrogens with zero attached hydrogens (tertiary/aromatic N) is 3. The van der Waals surface area contributed by atoms with Crippen LogP contribution in [0.5, 0.6) is 40.2 Å². The van der Waals surface area contributed by atoms with E-state index in [1.807, 2.05) is 18.2 Å². The molecule has 0 fully saturated rings. The van der Waals surface area contributed by atoms with Gasteiger partial charge in [0.1, 0.15) is 16.4 Å². The molecule has 54 heavy (non-hydrogen) atoms. The topological polar surface area (TPSA) is 94.6 Å². The van der Waals surface area contributed by atoms with Crippen molar-refractivity contribution < 1.29 is 28.5 Å². The third kappa shape index (κ3) is 7.36. The molecule has 0 spiro atoms. The molecule has 4 aliphatic heterocycles. The van der Waals surface area contributed by atoms with E-state index in [0.29, 0.717) is 59.6 Å². The average Bonchev–Trinajstić information content (AvgIpc) is 3.73. The molecular formula is C43H46N4O6S. The number of amides is 1. The molecule has 1 amide bonds. The van der Waals surface area contributed by atoms with Crippen LogP contribution in [0.2, 0.25) is 0 Å². The van der Waals surface area contributed by atoms with E-state index in [4.69, 9.17) is 23.7 Å². The molecule has 10 nitrogen and oxygen atoms in total. The molecule has 0 aliphatic carbocycles. The Bertz CT molecular complexity index is 2120. The minimum Gasteiger partial charge on any atom is -0.493 e. The van der Waals surface area contributed by atoms with E-state index in [1.165, 1.54) is 33.6 Å². The van der Waals surface area contributed by atoms with Gasteiger partial charge in [-0.2, -0.15) is 0 Å². The molecule has 2 atom stereocenters. The first-order valence-corrected chi connectivity index (χ1v) is 19.4. The summed E-state index contributed by atoms with van der Waals surface area (Å²) in [6.07, 6.45) is 5.61. The van der Waals surface area contributed by atoms with Gasteiger partial charge in [-0.3, -0.25) is 19.6 Å². The Morgan fingerprint density at radius 2 is 1.61 bits per heavy atom. The highest BCUT2D eigenvalue weighted by Gasteiger charge is 2.34. The second kappa shape index (κ2) is 15.7. The van der Waals surface area contributed by atoms with Crippen molar-refractivity contribution in [3.05, 3.63) is 117 Å². The molecular weight excluding hydrogens is 701 g/mol. The number of aromatic nitrogens is 1. The summed E-state index contributed by atoms with van der Waals surface area (Å²) in [6, 6.07) is 23.4. The summed E-state index contributed by atoms with van der Waals surface area (Å²) in [5.41, 5.74) is 8.90. The zero-order chi connectivity index (χ0) is 37.2. The van der Waals surface area contributed by atoms with Crippen LogP contribution in [0.15, 0.2) is 78.4 Å². The number of hydrogen-bond acceptors (Lipinski definition) is 10. The van der Waals surface area contributed by atoms with Crippen molar-refractivity contribution in [1.82, 2.24) is 20.1 Å². The summed E-state index contributed by atoms with van der Waals surface area (Å²) in [5.74, 6) is 4.64. The second-order valence-electron chi connectivity index (χ2n) is 14.2. The van der Waals surface area contributed by atoms with Crippen molar-refractivity contribution in [2.24, 2.45) is 0 Å². The Kier molecular flexibility index (Phi) is 10.4. The van der Waals surface area contributed by atoms with Gasteiger partial charge in [0, 0.05) is 37.3 Å². The lowest BCUT2D eigenvalue weighted by Crippen LogP contribution is -2.34. The number of fused-ring (bicyclic) bond motifs is 2. The molecule has 280 valence electrons. The second-order valence-corrected chi connectivity index (χ2v) is 15.1. The number of nitrogens with one attached hydrogen (secondary N) is 1. The van der Waals surface area contributed by atoms with Crippen molar-refractivity contribution in [2.45, 2.75) is 44.2 Å². The summed E-state index contributed by atoms with van der Waals surface area (Å²) < 4.78 is 31.9. The largest absolute Gasteiger partial charge is 0.493 e. The van der Waals surface area contributed by atoms with E-state index in [-0.39, 0.29) is 18.0 Å². The number of ether oxygens (including phenoxy) is 5. The van der Waals surface area contributed by atoms with E-state index < -0.39 is 0 Å². The van der Waals surface area contributed by atoms with Gasteiger partial charge in [-0.25, -0.2) is 0 Å². The maximum atomic E-state index is 12.4. The number of thiazole rings is 1. The van der Waals surface area contributed by atoms with Crippen LogP contribution in [0.4, 0.5) is 0 Å². The predicted molar refractivity (Wildman–Crippen MR) is 209 cm³/mol. The van der Waals surface area contributed by atoms with Crippen molar-refractivity contribution >= 4 is 17.2 Å². The summed E-state index contributed by atoms with van der Waals surface area (Å²) in [4.78, 5) is 21.8. The first-order valence-electron chi connectivity index (χ1n) is 18.6. The van der Waals surface area contributed by atoms with Gasteiger partial charge in [0.05, 0.1) is 32.5 Å². The quantitative estimate of drug-likeness (QED) is 0.160. The molecule has 11 heteroatoms. The zero-order valence-corrected chi connectivity index (χ0v) is 32.0. The number of carbonyl (C=O) groups is 1. The lowest BCUT2D eigenvalue weighted by molar-refractivity contribution is 0.0955. The van der Waals surface area contributed by atoms with Gasteiger partial charge in [0.15, 0.2) is 23.0 Å². The Hall–Kier alpha value is -5.10. The highest BCUT2D eigenvalue weighted by molar-refractivity contribution is 7.11. The minimum absolute atomic E-state index is 0.0139. The van der Waals surface area contributed by atoms with Crippen LogP contribution in [0.25, 0.3) is 0 Å². The zero-order valence-electron chi connectivity index (χ0n) is 31.2. The third-order valence-electron chi connectivity index (χ3n) is 10.8. The first kappa shape index (κ1) is 35.9. The molecule has 4 aliphatic rings. The predicted octanol–water partition coefficient (Wildman–Crippen LogP) is 7.80. The van der Waals surface area contributed by atoms with Crippen LogP contribution >= 0.6 is 11.3 Å². The van der Waals surface area contributed by atoms with Gasteiger partial charge in [-0.05, 0) is 116 Å². The molecule has 0 saturated heterocycles. The van der Waals surface area contributed by atoms with Gasteiger partial charge in [-0.1, -0.05) is 24.3 Å². The van der Waals surface area contributed by atoms with Crippen LogP contribution in [-0.2, 0) is 25.7 Å². The number of benzene rings is 4. The van der Waals surface area contributed by atoms with E-state index in [0.717, 1.165) is 55.0 Å². The standard InChI is InChI=1S/C43H46N4O6S/c1-46-17-14-29-9-12-32-24-33(29)34(46)20-27-6-10-31(11-7-27)52-37-22-28(8-13-36(37)51-19-5-16-45-43(48)39-25-44-26-54-39)21-35-40-30(15-18-47(35)2)23-38(49-3)41(50-4)42(40)53-32/h6-13,22-26,34-35H,5,14-21H2,1-4H3,(H,45,48)/t34-,35+/m0/s1. The van der Waals surface area contributed by atoms with Crippen molar-refractivity contribution in [1.29, 1.82) is 0 Å². The maximum absolute atomic E-state index is 12.4. The van der Waals surface area contributed by atoms with Gasteiger partial charge in [-0.15, -0.1) is 11.3 Å². The minimum atomic E-state index is -0.122. The van der Waals surface area contributed by atoms with E-state index in [9.17, 15) is 4.79 Å². The highest BCUT2D eigenvalue weighted by atomic mass is 32.1. The monoisotopic (exact) mass is 746 g/mol. The average molecular weight is 747 g/mol. The molecule has 9 rings (SSSR count). The highest BCUT2D eigenvalue weighted by Crippen LogP contribution is 2.50. The van der Waals surface area contributed by atoms with Gasteiger partial charge < -0.3 is 29.0 Å². The van der Waals surface area contributed by atoms with Crippen LogP contribution in [0.1, 0.15) is 61.6 Å². The SMILES string of the molecule is COc1cc2c3c(c1OC)Oc1ccc4c(c1)[C@H](Cc1ccc(cc1)Oc1cc(ccc1OCCCNC(=O)c1cncs1)C[C@H]3N(C)CC2)N(C)CC4. The molecule has 5 heterocycles. The van der Waals surface area contributed by atoms with Crippen molar-refractivity contribution in [2.75, 3.05) is 54.6 Å². The fourth-order valence-corrected chi connectivity index (χ4v) is 8.43. The van der Waals surface area contributed by atoms with Crippen LogP contribution in [0.3, 0.4) is 0 Å². The van der Waals surface area contributed by atoms with Crippen LogP contribution in [0, 0.1) is 0 Å². The Labute approximate surface area is 320 Å². The Balaban J connectivity index is 1.17. The Morgan fingerprint density at radius 1 is 0.852 bits per heavy atom. The maximum Gasteiger partial charge on any atom is 0.262 e. The van der Waals surface area contributed by atoms with Crippen molar-refractivity contribution in [3.63, 3.8) is 0 Å². The fraction of sp³-hybridized carbons (Fsp3) is 0.349. The molecule has 0 saturated carbocycles. The smallest absolute Gasteiger partial charge is 0.262 e. The van der Waals surface area contributed by atoms with Gasteiger partial charge in [0.2, 0.25) is 5.75 Å². The summed E-state index contributed by atoms with van der Waals surface area (Å²) >= 11 is 1.32.